The number of nitrogens with one attached hydrogen (secondary N) is 1. The standard InChI is InChI=1S/C20H28N2O/c1-2-21-20(22-14-6-3-7-15-22)13-16-23-19-12-8-10-17-9-4-5-11-18(17)19/h4-5,8-12,20-21H,2-3,6-7,13-16H2,1H3. The van der Waals surface area contributed by atoms with Crippen LogP contribution >= 0.6 is 0 Å². The zero-order valence-corrected chi connectivity index (χ0v) is 14.1. The van der Waals surface area contributed by atoms with Crippen molar-refractivity contribution in [3.63, 3.8) is 0 Å². The zero-order chi connectivity index (χ0) is 15.9. The predicted molar refractivity (Wildman–Crippen MR) is 96.9 cm³/mol. The summed E-state index contributed by atoms with van der Waals surface area (Å²) in [5, 5.41) is 6.06. The summed E-state index contributed by atoms with van der Waals surface area (Å²) in [7, 11) is 0. The molecule has 0 saturated carbocycles. The van der Waals surface area contributed by atoms with Crippen LogP contribution in [0.3, 0.4) is 0 Å². The van der Waals surface area contributed by atoms with Gasteiger partial charge in [0.1, 0.15) is 5.75 Å². The molecule has 23 heavy (non-hydrogen) atoms. The van der Waals surface area contributed by atoms with Crippen LogP contribution in [0.4, 0.5) is 0 Å². The van der Waals surface area contributed by atoms with Crippen LogP contribution in [0, 0.1) is 0 Å². The molecule has 1 aliphatic heterocycles. The van der Waals surface area contributed by atoms with Gasteiger partial charge in [0, 0.05) is 11.8 Å². The molecule has 2 aromatic rings. The van der Waals surface area contributed by atoms with Crippen LogP contribution in [0.15, 0.2) is 42.5 Å². The maximum atomic E-state index is 6.12. The minimum Gasteiger partial charge on any atom is -0.493 e. The lowest BCUT2D eigenvalue weighted by Crippen LogP contribution is -2.48. The number of piperidine rings is 1. The highest BCUT2D eigenvalue weighted by Gasteiger charge is 2.19. The van der Waals surface area contributed by atoms with Crippen LogP contribution in [-0.4, -0.2) is 37.3 Å². The number of ether oxygens (including phenoxy) is 1. The van der Waals surface area contributed by atoms with Crippen LogP contribution in [0.1, 0.15) is 32.6 Å². The fourth-order valence-electron chi connectivity index (χ4n) is 3.48. The highest BCUT2D eigenvalue weighted by atomic mass is 16.5. The van der Waals surface area contributed by atoms with E-state index in [2.05, 4.69) is 59.6 Å². The lowest BCUT2D eigenvalue weighted by Gasteiger charge is -2.35. The minimum absolute atomic E-state index is 0.440. The van der Waals surface area contributed by atoms with Crippen molar-refractivity contribution in [2.75, 3.05) is 26.2 Å². The van der Waals surface area contributed by atoms with Crippen LogP contribution in [0.2, 0.25) is 0 Å². The highest BCUT2D eigenvalue weighted by molar-refractivity contribution is 5.88. The second kappa shape index (κ2) is 8.32. The quantitative estimate of drug-likeness (QED) is 0.835. The Hall–Kier alpha value is -1.58. The Kier molecular flexibility index (Phi) is 5.89. The van der Waals surface area contributed by atoms with E-state index in [1.54, 1.807) is 0 Å². The van der Waals surface area contributed by atoms with Gasteiger partial charge in [-0.05, 0) is 43.9 Å². The Morgan fingerprint density at radius 2 is 1.83 bits per heavy atom. The number of hydrogen-bond acceptors (Lipinski definition) is 3. The molecule has 0 bridgehead atoms. The van der Waals surface area contributed by atoms with Crippen LogP contribution < -0.4 is 10.1 Å². The van der Waals surface area contributed by atoms with E-state index < -0.39 is 0 Å². The van der Waals surface area contributed by atoms with E-state index in [1.807, 2.05) is 0 Å². The molecular formula is C20H28N2O. The topological polar surface area (TPSA) is 24.5 Å². The summed E-state index contributed by atoms with van der Waals surface area (Å²) < 4.78 is 6.12. The third-order valence-electron chi connectivity index (χ3n) is 4.67. The van der Waals surface area contributed by atoms with Crippen molar-refractivity contribution < 1.29 is 4.74 Å². The SMILES string of the molecule is CCNC(CCOc1cccc2ccccc12)N1CCCCC1. The lowest BCUT2D eigenvalue weighted by atomic mass is 10.1. The first kappa shape index (κ1) is 16.3. The summed E-state index contributed by atoms with van der Waals surface area (Å²) in [5.41, 5.74) is 0. The maximum absolute atomic E-state index is 6.12. The molecule has 1 saturated heterocycles. The normalized spacial score (nSPS) is 17.3. The Bertz CT molecular complexity index is 602. The zero-order valence-electron chi connectivity index (χ0n) is 14.1. The minimum atomic E-state index is 0.440. The average molecular weight is 312 g/mol. The average Bonchev–Trinajstić information content (AvgIpc) is 2.62. The van der Waals surface area contributed by atoms with Gasteiger partial charge in [-0.25, -0.2) is 0 Å². The molecular weight excluding hydrogens is 284 g/mol. The molecule has 0 amide bonds. The summed E-state index contributed by atoms with van der Waals surface area (Å²) in [6, 6.07) is 14.7. The number of likely N-dealkylation sites (tertiary alicyclic amines) is 1. The van der Waals surface area contributed by atoms with Crippen molar-refractivity contribution in [1.82, 2.24) is 10.2 Å². The van der Waals surface area contributed by atoms with Crippen LogP contribution in [0.25, 0.3) is 10.8 Å². The smallest absolute Gasteiger partial charge is 0.127 e. The summed E-state index contributed by atoms with van der Waals surface area (Å²) in [4.78, 5) is 2.58. The van der Waals surface area contributed by atoms with E-state index in [0.717, 1.165) is 25.3 Å². The number of nitrogens with zero attached hydrogens (tertiary/aromatic N) is 1. The van der Waals surface area contributed by atoms with Gasteiger partial charge >= 0.3 is 0 Å². The highest BCUT2D eigenvalue weighted by Crippen LogP contribution is 2.25. The van der Waals surface area contributed by atoms with Gasteiger partial charge in [0.15, 0.2) is 0 Å². The second-order valence-electron chi connectivity index (χ2n) is 6.28. The summed E-state index contributed by atoms with van der Waals surface area (Å²) in [6.45, 7) is 6.37. The van der Waals surface area contributed by atoms with E-state index in [9.17, 15) is 0 Å². The van der Waals surface area contributed by atoms with Crippen molar-refractivity contribution in [1.29, 1.82) is 0 Å². The molecule has 1 unspecified atom stereocenters. The molecule has 124 valence electrons. The number of benzene rings is 2. The van der Waals surface area contributed by atoms with Crippen molar-refractivity contribution in [2.24, 2.45) is 0 Å². The molecule has 1 N–H and O–H groups in total. The van der Waals surface area contributed by atoms with Gasteiger partial charge in [0.05, 0.1) is 12.8 Å². The first-order valence-corrected chi connectivity index (χ1v) is 8.96. The van der Waals surface area contributed by atoms with E-state index in [4.69, 9.17) is 4.74 Å². The molecule has 1 atom stereocenters. The monoisotopic (exact) mass is 312 g/mol. The Labute approximate surface area is 139 Å². The number of fused-ring (bicyclic) bond motifs is 1. The predicted octanol–water partition coefficient (Wildman–Crippen LogP) is 4.03. The van der Waals surface area contributed by atoms with Gasteiger partial charge in [-0.3, -0.25) is 4.90 Å². The van der Waals surface area contributed by atoms with Crippen molar-refractivity contribution in [3.8, 4) is 5.75 Å². The van der Waals surface area contributed by atoms with Gasteiger partial charge < -0.3 is 10.1 Å². The summed E-state index contributed by atoms with van der Waals surface area (Å²) in [6.07, 6.45) is 5.49. The Morgan fingerprint density at radius 1 is 1.04 bits per heavy atom. The maximum Gasteiger partial charge on any atom is 0.127 e. The fraction of sp³-hybridized carbons (Fsp3) is 0.500. The van der Waals surface area contributed by atoms with Gasteiger partial charge in [-0.15, -0.1) is 0 Å². The van der Waals surface area contributed by atoms with Gasteiger partial charge in [-0.2, -0.15) is 0 Å². The molecule has 3 heteroatoms. The molecule has 3 nitrogen and oxygen atoms in total. The molecule has 1 aliphatic rings. The molecule has 0 aromatic heterocycles. The lowest BCUT2D eigenvalue weighted by molar-refractivity contribution is 0.116. The molecule has 0 spiro atoms. The van der Waals surface area contributed by atoms with E-state index in [0.29, 0.717) is 6.17 Å². The molecule has 1 heterocycles. The van der Waals surface area contributed by atoms with Crippen LogP contribution in [-0.2, 0) is 0 Å². The summed E-state index contributed by atoms with van der Waals surface area (Å²) in [5.74, 6) is 0.997. The first-order valence-electron chi connectivity index (χ1n) is 8.96. The van der Waals surface area contributed by atoms with E-state index in [1.165, 1.54) is 43.1 Å². The van der Waals surface area contributed by atoms with Gasteiger partial charge in [-0.1, -0.05) is 49.7 Å². The fourth-order valence-corrected chi connectivity index (χ4v) is 3.48. The third-order valence-corrected chi connectivity index (χ3v) is 4.67. The van der Waals surface area contributed by atoms with Gasteiger partial charge in [0.2, 0.25) is 0 Å². The molecule has 0 aliphatic carbocycles. The van der Waals surface area contributed by atoms with Crippen molar-refractivity contribution in [3.05, 3.63) is 42.5 Å². The molecule has 3 rings (SSSR count). The number of rotatable bonds is 7. The first-order chi connectivity index (χ1) is 11.4. The third kappa shape index (κ3) is 4.24. The van der Waals surface area contributed by atoms with Crippen molar-refractivity contribution in [2.45, 2.75) is 38.8 Å². The molecule has 1 fully saturated rings. The van der Waals surface area contributed by atoms with Crippen LogP contribution in [0.5, 0.6) is 5.75 Å². The van der Waals surface area contributed by atoms with Crippen molar-refractivity contribution >= 4 is 10.8 Å². The molecule has 2 aromatic carbocycles. The second-order valence-corrected chi connectivity index (χ2v) is 6.28. The largest absolute Gasteiger partial charge is 0.493 e. The molecule has 0 radical (unpaired) electrons. The Balaban J connectivity index is 1.60. The number of hydrogen-bond donors (Lipinski definition) is 1. The Morgan fingerprint density at radius 3 is 2.65 bits per heavy atom. The van der Waals surface area contributed by atoms with Gasteiger partial charge in [0.25, 0.3) is 0 Å². The summed E-state index contributed by atoms with van der Waals surface area (Å²) >= 11 is 0. The van der Waals surface area contributed by atoms with E-state index in [-0.39, 0.29) is 0 Å². The van der Waals surface area contributed by atoms with E-state index >= 15 is 0 Å².